The molecule has 0 heterocycles. The highest BCUT2D eigenvalue weighted by atomic mass is 16.3. The van der Waals surface area contributed by atoms with Crippen LogP contribution in [0.15, 0.2) is 36.5 Å². The molecule has 5 heteroatoms. The Morgan fingerprint density at radius 3 is 1.09 bits per heavy atom. The Hall–Kier alpha value is -1.43. The highest BCUT2D eigenvalue weighted by Crippen LogP contribution is 2.16. The molecule has 0 rings (SSSR count). The molecule has 0 bridgehead atoms. The average Bonchev–Trinajstić information content (AvgIpc) is 3.20. The van der Waals surface area contributed by atoms with Gasteiger partial charge < -0.3 is 20.6 Å². The van der Waals surface area contributed by atoms with Crippen LogP contribution in [0.4, 0.5) is 0 Å². The molecule has 3 atom stereocenters. The molecule has 330 valence electrons. The van der Waals surface area contributed by atoms with Crippen LogP contribution in [0.1, 0.15) is 258 Å². The van der Waals surface area contributed by atoms with Crippen molar-refractivity contribution in [2.24, 2.45) is 0 Å². The molecule has 0 saturated carbocycles. The number of carbonyl (C=O) groups excluding carboxylic acids is 1. The minimum atomic E-state index is -1.11. The number of rotatable bonds is 45. The van der Waals surface area contributed by atoms with Crippen LogP contribution in [-0.4, -0.2) is 46.1 Å². The molecule has 0 fully saturated rings. The van der Waals surface area contributed by atoms with E-state index in [0.29, 0.717) is 6.42 Å². The fourth-order valence-corrected chi connectivity index (χ4v) is 7.57. The largest absolute Gasteiger partial charge is 0.394 e. The third-order valence-corrected chi connectivity index (χ3v) is 11.5. The predicted octanol–water partition coefficient (Wildman–Crippen LogP) is 14.7. The van der Waals surface area contributed by atoms with Gasteiger partial charge in [-0.15, -0.1) is 0 Å². The zero-order chi connectivity index (χ0) is 40.8. The normalized spacial score (nSPS) is 13.7. The van der Waals surface area contributed by atoms with Crippen LogP contribution in [0.2, 0.25) is 0 Å². The number of hydrogen-bond donors (Lipinski definition) is 4. The molecular formula is C51H97NO4. The SMILES string of the molecule is CCCCCCCCCCCC/C=C/CC/C=C/CC/C=C/C(O)C(CO)NC(=O)C(O)CCCCCCCCCCCCCCCCCCCCCCCC. The van der Waals surface area contributed by atoms with Crippen molar-refractivity contribution in [2.45, 2.75) is 276 Å². The van der Waals surface area contributed by atoms with Gasteiger partial charge in [0.05, 0.1) is 18.8 Å². The van der Waals surface area contributed by atoms with Crippen molar-refractivity contribution in [1.29, 1.82) is 0 Å². The summed E-state index contributed by atoms with van der Waals surface area (Å²) in [6, 6.07) is -0.819. The van der Waals surface area contributed by atoms with Crippen molar-refractivity contribution in [2.75, 3.05) is 6.61 Å². The monoisotopic (exact) mass is 788 g/mol. The lowest BCUT2D eigenvalue weighted by molar-refractivity contribution is -0.131. The molecule has 0 aromatic heterocycles. The number of carbonyl (C=O) groups is 1. The van der Waals surface area contributed by atoms with Gasteiger partial charge in [-0.05, 0) is 44.9 Å². The third-order valence-electron chi connectivity index (χ3n) is 11.5. The quantitative estimate of drug-likeness (QED) is 0.0365. The van der Waals surface area contributed by atoms with Crippen molar-refractivity contribution >= 4 is 5.91 Å². The van der Waals surface area contributed by atoms with Gasteiger partial charge in [-0.25, -0.2) is 0 Å². The lowest BCUT2D eigenvalue weighted by Crippen LogP contribution is -2.48. The summed E-state index contributed by atoms with van der Waals surface area (Å²) in [7, 11) is 0. The molecule has 0 aromatic rings. The van der Waals surface area contributed by atoms with Crippen LogP contribution in [0.3, 0.4) is 0 Å². The van der Waals surface area contributed by atoms with Gasteiger partial charge in [-0.1, -0.05) is 249 Å². The van der Waals surface area contributed by atoms with E-state index in [1.54, 1.807) is 6.08 Å². The smallest absolute Gasteiger partial charge is 0.249 e. The third kappa shape index (κ3) is 40.8. The first-order valence-corrected chi connectivity index (χ1v) is 24.8. The van der Waals surface area contributed by atoms with Crippen LogP contribution < -0.4 is 5.32 Å². The first-order chi connectivity index (χ1) is 27.6. The molecule has 0 aliphatic rings. The molecule has 0 radical (unpaired) electrons. The van der Waals surface area contributed by atoms with E-state index in [1.807, 2.05) is 6.08 Å². The van der Waals surface area contributed by atoms with Crippen LogP contribution in [0.5, 0.6) is 0 Å². The number of hydrogen-bond acceptors (Lipinski definition) is 4. The second-order valence-electron chi connectivity index (χ2n) is 17.0. The molecule has 56 heavy (non-hydrogen) atoms. The molecule has 0 spiro atoms. The molecule has 1 amide bonds. The minimum absolute atomic E-state index is 0.379. The second kappa shape index (κ2) is 46.3. The molecule has 3 unspecified atom stereocenters. The van der Waals surface area contributed by atoms with Gasteiger partial charge in [0.25, 0.3) is 0 Å². The fraction of sp³-hybridized carbons (Fsp3) is 0.863. The second-order valence-corrected chi connectivity index (χ2v) is 17.0. The van der Waals surface area contributed by atoms with Crippen molar-refractivity contribution < 1.29 is 20.1 Å². The highest BCUT2D eigenvalue weighted by Gasteiger charge is 2.22. The van der Waals surface area contributed by atoms with E-state index in [2.05, 4.69) is 43.5 Å². The number of amides is 1. The first kappa shape index (κ1) is 54.6. The van der Waals surface area contributed by atoms with E-state index in [-0.39, 0.29) is 6.61 Å². The van der Waals surface area contributed by atoms with E-state index in [1.165, 1.54) is 193 Å². The summed E-state index contributed by atoms with van der Waals surface area (Å²) in [6.07, 6.45) is 59.1. The Balaban J connectivity index is 3.67. The number of aliphatic hydroxyl groups is 3. The van der Waals surface area contributed by atoms with Crippen molar-refractivity contribution in [3.05, 3.63) is 36.5 Å². The average molecular weight is 788 g/mol. The topological polar surface area (TPSA) is 89.8 Å². The number of aliphatic hydroxyl groups excluding tert-OH is 3. The molecule has 0 saturated heterocycles. The van der Waals surface area contributed by atoms with Gasteiger partial charge in [0.1, 0.15) is 6.10 Å². The maximum absolute atomic E-state index is 12.5. The van der Waals surface area contributed by atoms with E-state index >= 15 is 0 Å². The summed E-state index contributed by atoms with van der Waals surface area (Å²) >= 11 is 0. The maximum Gasteiger partial charge on any atom is 0.249 e. The lowest BCUT2D eigenvalue weighted by Gasteiger charge is -2.21. The lowest BCUT2D eigenvalue weighted by atomic mass is 10.0. The number of allylic oxidation sites excluding steroid dienone is 5. The summed E-state index contributed by atoms with van der Waals surface area (Å²) in [5.41, 5.74) is 0. The Morgan fingerprint density at radius 1 is 0.429 bits per heavy atom. The van der Waals surface area contributed by atoms with E-state index in [4.69, 9.17) is 0 Å². The van der Waals surface area contributed by atoms with Crippen molar-refractivity contribution in [1.82, 2.24) is 5.32 Å². The Morgan fingerprint density at radius 2 is 0.732 bits per heavy atom. The highest BCUT2D eigenvalue weighted by molar-refractivity contribution is 5.80. The van der Waals surface area contributed by atoms with Gasteiger partial charge in [-0.2, -0.15) is 0 Å². The molecule has 0 aliphatic carbocycles. The van der Waals surface area contributed by atoms with E-state index in [0.717, 1.165) is 44.9 Å². The number of nitrogens with one attached hydrogen (secondary N) is 1. The molecule has 4 N–H and O–H groups in total. The molecule has 0 aromatic carbocycles. The molecular weight excluding hydrogens is 691 g/mol. The van der Waals surface area contributed by atoms with Crippen LogP contribution in [0, 0.1) is 0 Å². The Bertz CT molecular complexity index is 870. The zero-order valence-electron chi connectivity index (χ0n) is 37.5. The zero-order valence-corrected chi connectivity index (χ0v) is 37.5. The number of unbranched alkanes of at least 4 members (excludes halogenated alkanes) is 33. The van der Waals surface area contributed by atoms with E-state index in [9.17, 15) is 20.1 Å². The Labute approximate surface area is 349 Å². The van der Waals surface area contributed by atoms with Crippen LogP contribution in [0.25, 0.3) is 0 Å². The Kier molecular flexibility index (Phi) is 45.1. The fourth-order valence-electron chi connectivity index (χ4n) is 7.57. The molecule has 5 nitrogen and oxygen atoms in total. The van der Waals surface area contributed by atoms with Gasteiger partial charge >= 0.3 is 0 Å². The van der Waals surface area contributed by atoms with Gasteiger partial charge in [-0.3, -0.25) is 4.79 Å². The van der Waals surface area contributed by atoms with Crippen LogP contribution >= 0.6 is 0 Å². The standard InChI is InChI=1S/C51H97NO4/c1-3-5-7-9-11-13-15-17-19-21-23-25-26-28-30-32-34-36-38-40-42-44-46-50(55)51(56)52-48(47-53)49(54)45-43-41-39-37-35-33-31-29-27-24-22-20-18-16-14-12-10-8-6-4-2/h27,29,35,37,43,45,48-50,53-55H,3-26,28,30-34,36,38-42,44,46-47H2,1-2H3,(H,52,56)/b29-27+,37-35+,45-43+. The van der Waals surface area contributed by atoms with Crippen molar-refractivity contribution in [3.8, 4) is 0 Å². The van der Waals surface area contributed by atoms with E-state index < -0.39 is 24.2 Å². The van der Waals surface area contributed by atoms with Gasteiger partial charge in [0.15, 0.2) is 0 Å². The van der Waals surface area contributed by atoms with Gasteiger partial charge in [0, 0.05) is 0 Å². The summed E-state index contributed by atoms with van der Waals surface area (Å²) < 4.78 is 0. The summed E-state index contributed by atoms with van der Waals surface area (Å²) in [5.74, 6) is -0.513. The molecule has 0 aliphatic heterocycles. The van der Waals surface area contributed by atoms with Gasteiger partial charge in [0.2, 0.25) is 5.91 Å². The summed E-state index contributed by atoms with van der Waals surface area (Å²) in [5, 5.41) is 33.2. The minimum Gasteiger partial charge on any atom is -0.394 e. The predicted molar refractivity (Wildman–Crippen MR) is 245 cm³/mol. The first-order valence-electron chi connectivity index (χ1n) is 24.8. The maximum atomic E-state index is 12.5. The van der Waals surface area contributed by atoms with Crippen LogP contribution in [-0.2, 0) is 4.79 Å². The summed E-state index contributed by atoms with van der Waals surface area (Å²) in [6.45, 7) is 4.19. The summed E-state index contributed by atoms with van der Waals surface area (Å²) in [4.78, 5) is 12.5. The van der Waals surface area contributed by atoms with Crippen molar-refractivity contribution in [3.63, 3.8) is 0 Å².